The highest BCUT2D eigenvalue weighted by molar-refractivity contribution is 5.73. The molecule has 0 amide bonds. The van der Waals surface area contributed by atoms with Gasteiger partial charge in [-0.1, -0.05) is 67.5 Å². The topological polar surface area (TPSA) is 51.8 Å². The Balaban J connectivity index is 0.000000203. The highest BCUT2D eigenvalue weighted by Gasteiger charge is 2.18. The fourth-order valence-electron chi connectivity index (χ4n) is 3.39. The molecule has 152 valence electrons. The minimum Gasteiger partial charge on any atom is -0.383 e. The zero-order chi connectivity index (χ0) is 21.0. The van der Waals surface area contributed by atoms with Crippen molar-refractivity contribution in [1.82, 2.24) is 9.97 Å². The third-order valence-corrected chi connectivity index (χ3v) is 5.37. The first-order valence-corrected chi connectivity index (χ1v) is 10.6. The Morgan fingerprint density at radius 2 is 1.32 bits per heavy atom. The predicted molar refractivity (Wildman–Crippen MR) is 122 cm³/mol. The summed E-state index contributed by atoms with van der Waals surface area (Å²) in [7, 11) is 0. The van der Waals surface area contributed by atoms with Crippen molar-refractivity contribution in [3.05, 3.63) is 58.6 Å². The van der Waals surface area contributed by atoms with Crippen molar-refractivity contribution in [1.29, 1.82) is 0 Å². The van der Waals surface area contributed by atoms with Gasteiger partial charge >= 0.3 is 0 Å². The first kappa shape index (κ1) is 22.1. The average Bonchev–Trinajstić information content (AvgIpc) is 3.05. The molecule has 0 atom stereocenters. The molecule has 2 heterocycles. The van der Waals surface area contributed by atoms with Crippen LogP contribution in [0.25, 0.3) is 5.57 Å². The summed E-state index contributed by atoms with van der Waals surface area (Å²) in [6, 6.07) is 4.49. The first-order chi connectivity index (χ1) is 13.1. The van der Waals surface area contributed by atoms with Crippen LogP contribution in [0.1, 0.15) is 101 Å². The molecular formula is C25H37N3. The van der Waals surface area contributed by atoms with E-state index < -0.39 is 0 Å². The van der Waals surface area contributed by atoms with Gasteiger partial charge in [0, 0.05) is 18.8 Å². The van der Waals surface area contributed by atoms with Crippen LogP contribution in [0.2, 0.25) is 0 Å². The van der Waals surface area contributed by atoms with Crippen LogP contribution in [0.5, 0.6) is 0 Å². The van der Waals surface area contributed by atoms with Gasteiger partial charge in [0.1, 0.15) is 5.82 Å². The van der Waals surface area contributed by atoms with E-state index >= 15 is 0 Å². The number of nitrogens with two attached hydrogens (primary N) is 1. The quantitative estimate of drug-likeness (QED) is 0.642. The van der Waals surface area contributed by atoms with E-state index in [4.69, 9.17) is 5.73 Å². The van der Waals surface area contributed by atoms with E-state index in [1.165, 1.54) is 28.0 Å². The average molecular weight is 380 g/mol. The lowest BCUT2D eigenvalue weighted by Gasteiger charge is -2.12. The second kappa shape index (κ2) is 9.36. The van der Waals surface area contributed by atoms with Crippen molar-refractivity contribution in [2.75, 3.05) is 5.73 Å². The van der Waals surface area contributed by atoms with Crippen LogP contribution >= 0.6 is 0 Å². The van der Waals surface area contributed by atoms with Gasteiger partial charge in [0.05, 0.1) is 5.69 Å². The van der Waals surface area contributed by atoms with Gasteiger partial charge in [0.25, 0.3) is 0 Å². The standard InChI is InChI=1S/C14H19N.C11H18N2/c1-9(2)11-7-13-12(10(3)4)5-6-14(13)15-8-11;1-7(2)9-5-10(8(3)4)11(12)13-6-9/h5,7-10H,6H2,1-4H3;5-8H,1-4H3,(H2,12,13). The normalized spacial score (nSPS) is 13.1. The lowest BCUT2D eigenvalue weighted by Crippen LogP contribution is -2.01. The molecule has 28 heavy (non-hydrogen) atoms. The zero-order valence-electron chi connectivity index (χ0n) is 18.9. The van der Waals surface area contributed by atoms with Crippen LogP contribution in [0.15, 0.2) is 30.6 Å². The molecule has 0 aromatic carbocycles. The number of fused-ring (bicyclic) bond motifs is 1. The largest absolute Gasteiger partial charge is 0.383 e. The Morgan fingerprint density at radius 1 is 0.750 bits per heavy atom. The molecule has 1 aliphatic carbocycles. The maximum Gasteiger partial charge on any atom is 0.126 e. The first-order valence-electron chi connectivity index (χ1n) is 10.6. The molecule has 0 unspecified atom stereocenters. The lowest BCUT2D eigenvalue weighted by atomic mass is 9.95. The number of aromatic nitrogens is 2. The summed E-state index contributed by atoms with van der Waals surface area (Å²) < 4.78 is 0. The molecule has 3 heteroatoms. The summed E-state index contributed by atoms with van der Waals surface area (Å²) >= 11 is 0. The van der Waals surface area contributed by atoms with Gasteiger partial charge in [-0.15, -0.1) is 0 Å². The Hall–Kier alpha value is -2.16. The van der Waals surface area contributed by atoms with Crippen LogP contribution in [-0.4, -0.2) is 9.97 Å². The molecule has 0 bridgehead atoms. The van der Waals surface area contributed by atoms with E-state index in [0.717, 1.165) is 12.0 Å². The molecule has 0 saturated carbocycles. The van der Waals surface area contributed by atoms with Crippen LogP contribution in [0, 0.1) is 5.92 Å². The highest BCUT2D eigenvalue weighted by atomic mass is 14.8. The number of hydrogen-bond donors (Lipinski definition) is 1. The summed E-state index contributed by atoms with van der Waals surface area (Å²) in [6.45, 7) is 17.5. The van der Waals surface area contributed by atoms with E-state index in [-0.39, 0.29) is 0 Å². The number of anilines is 1. The Kier molecular flexibility index (Phi) is 7.40. The predicted octanol–water partition coefficient (Wildman–Crippen LogP) is 6.71. The van der Waals surface area contributed by atoms with E-state index in [1.807, 2.05) is 12.4 Å². The molecule has 0 aliphatic heterocycles. The third-order valence-electron chi connectivity index (χ3n) is 5.37. The van der Waals surface area contributed by atoms with Crippen LogP contribution < -0.4 is 5.73 Å². The lowest BCUT2D eigenvalue weighted by molar-refractivity contribution is 0.824. The number of nitrogens with zero attached hydrogens (tertiary/aromatic N) is 2. The SMILES string of the molecule is CC(C)C1=CCc2ncc(C(C)C)cc21.CC(C)c1cnc(N)c(C(C)C)c1. The number of rotatable bonds is 4. The monoisotopic (exact) mass is 379 g/mol. The number of nitrogen functional groups attached to an aromatic ring is 1. The van der Waals surface area contributed by atoms with Crippen molar-refractivity contribution < 1.29 is 0 Å². The molecule has 2 N–H and O–H groups in total. The fraction of sp³-hybridized carbons (Fsp3) is 0.520. The molecule has 3 nitrogen and oxygen atoms in total. The highest BCUT2D eigenvalue weighted by Crippen LogP contribution is 2.33. The molecule has 2 aromatic heterocycles. The number of allylic oxidation sites excluding steroid dienone is 2. The van der Waals surface area contributed by atoms with Gasteiger partial charge in [-0.3, -0.25) is 4.98 Å². The van der Waals surface area contributed by atoms with Gasteiger partial charge in [-0.2, -0.15) is 0 Å². The number of hydrogen-bond acceptors (Lipinski definition) is 3. The van der Waals surface area contributed by atoms with Crippen molar-refractivity contribution >= 4 is 11.4 Å². The molecule has 3 rings (SSSR count). The molecule has 2 aromatic rings. The maximum absolute atomic E-state index is 5.78. The van der Waals surface area contributed by atoms with Crippen molar-refractivity contribution in [2.45, 2.75) is 79.6 Å². The maximum atomic E-state index is 5.78. The Bertz CT molecular complexity index is 830. The van der Waals surface area contributed by atoms with Crippen molar-refractivity contribution in [3.8, 4) is 0 Å². The van der Waals surface area contributed by atoms with E-state index in [0.29, 0.717) is 29.5 Å². The second-order valence-electron chi connectivity index (χ2n) is 8.99. The minimum absolute atomic E-state index is 0.450. The van der Waals surface area contributed by atoms with Crippen LogP contribution in [0.3, 0.4) is 0 Å². The van der Waals surface area contributed by atoms with Crippen molar-refractivity contribution in [2.24, 2.45) is 5.92 Å². The van der Waals surface area contributed by atoms with Gasteiger partial charge < -0.3 is 5.73 Å². The molecule has 1 aliphatic rings. The summed E-state index contributed by atoms with van der Waals surface area (Å²) in [5.41, 5.74) is 13.7. The minimum atomic E-state index is 0.450. The summed E-state index contributed by atoms with van der Waals surface area (Å²) in [4.78, 5) is 8.76. The Labute approximate surface area is 171 Å². The van der Waals surface area contributed by atoms with E-state index in [2.05, 4.69) is 83.6 Å². The van der Waals surface area contributed by atoms with Gasteiger partial charge in [0.15, 0.2) is 0 Å². The van der Waals surface area contributed by atoms with Crippen molar-refractivity contribution in [3.63, 3.8) is 0 Å². The summed E-state index contributed by atoms with van der Waals surface area (Å²) in [5.74, 6) is 2.81. The van der Waals surface area contributed by atoms with Crippen LogP contribution in [0.4, 0.5) is 5.82 Å². The molecule has 0 spiro atoms. The summed E-state index contributed by atoms with van der Waals surface area (Å²) in [6.07, 6.45) is 7.24. The number of pyridine rings is 2. The molecule has 0 radical (unpaired) electrons. The summed E-state index contributed by atoms with van der Waals surface area (Å²) in [5, 5.41) is 0. The Morgan fingerprint density at radius 3 is 1.86 bits per heavy atom. The molecule has 0 fully saturated rings. The smallest absolute Gasteiger partial charge is 0.126 e. The fourth-order valence-corrected chi connectivity index (χ4v) is 3.39. The van der Waals surface area contributed by atoms with E-state index in [9.17, 15) is 0 Å². The zero-order valence-corrected chi connectivity index (χ0v) is 18.9. The third kappa shape index (κ3) is 5.21. The van der Waals surface area contributed by atoms with E-state index in [1.54, 1.807) is 0 Å². The van der Waals surface area contributed by atoms with Gasteiger partial charge in [-0.05, 0) is 57.6 Å². The second-order valence-corrected chi connectivity index (χ2v) is 8.99. The van der Waals surface area contributed by atoms with Gasteiger partial charge in [-0.25, -0.2) is 4.98 Å². The molecule has 0 saturated heterocycles. The molecular weight excluding hydrogens is 342 g/mol. The van der Waals surface area contributed by atoms with Crippen LogP contribution in [-0.2, 0) is 6.42 Å². The van der Waals surface area contributed by atoms with Gasteiger partial charge in [0.2, 0.25) is 0 Å².